The summed E-state index contributed by atoms with van der Waals surface area (Å²) in [4.78, 5) is 13.6. The number of thiophene rings is 1. The Bertz CT molecular complexity index is 817. The summed E-state index contributed by atoms with van der Waals surface area (Å²) in [5.74, 6) is 0. The van der Waals surface area contributed by atoms with Crippen molar-refractivity contribution in [3.05, 3.63) is 57.6 Å². The van der Waals surface area contributed by atoms with Gasteiger partial charge in [-0.2, -0.15) is 13.2 Å². The van der Waals surface area contributed by atoms with Gasteiger partial charge in [0.1, 0.15) is 0 Å². The van der Waals surface area contributed by atoms with Gasteiger partial charge in [0.15, 0.2) is 5.43 Å². The molecule has 0 spiro atoms. The minimum atomic E-state index is -4.40. The second-order valence-electron chi connectivity index (χ2n) is 4.16. The highest BCUT2D eigenvalue weighted by Crippen LogP contribution is 2.35. The SMILES string of the molecule is O=c1cc(-c2cccs2)sc2cc(C(F)(F)F)ccc12. The Labute approximate surface area is 119 Å². The van der Waals surface area contributed by atoms with Crippen LogP contribution in [0.1, 0.15) is 5.56 Å². The van der Waals surface area contributed by atoms with E-state index < -0.39 is 11.7 Å². The lowest BCUT2D eigenvalue weighted by molar-refractivity contribution is -0.137. The zero-order valence-electron chi connectivity index (χ0n) is 9.90. The van der Waals surface area contributed by atoms with E-state index in [1.54, 1.807) is 0 Å². The smallest absolute Gasteiger partial charge is 0.289 e. The van der Waals surface area contributed by atoms with Crippen LogP contribution in [0.3, 0.4) is 0 Å². The summed E-state index contributed by atoms with van der Waals surface area (Å²) in [6.07, 6.45) is -4.40. The third kappa shape index (κ3) is 2.36. The van der Waals surface area contributed by atoms with Gasteiger partial charge in [-0.3, -0.25) is 4.79 Å². The highest BCUT2D eigenvalue weighted by Gasteiger charge is 2.30. The molecule has 1 aromatic carbocycles. The summed E-state index contributed by atoms with van der Waals surface area (Å²) in [6.45, 7) is 0. The molecule has 0 saturated carbocycles. The maximum absolute atomic E-state index is 12.7. The van der Waals surface area contributed by atoms with Gasteiger partial charge in [-0.25, -0.2) is 0 Å². The largest absolute Gasteiger partial charge is 0.416 e. The Morgan fingerprint density at radius 3 is 2.45 bits per heavy atom. The fourth-order valence-corrected chi connectivity index (χ4v) is 3.81. The van der Waals surface area contributed by atoms with Gasteiger partial charge in [0, 0.05) is 25.9 Å². The standard InChI is InChI=1S/C14H7F3OS2/c15-14(16,17)8-3-4-9-10(18)7-13(20-12(9)6-8)11-2-1-5-19-11/h1-7H. The highest BCUT2D eigenvalue weighted by molar-refractivity contribution is 7.25. The molecule has 0 radical (unpaired) electrons. The van der Waals surface area contributed by atoms with E-state index >= 15 is 0 Å². The van der Waals surface area contributed by atoms with Crippen LogP contribution >= 0.6 is 22.7 Å². The van der Waals surface area contributed by atoms with Crippen molar-refractivity contribution in [3.63, 3.8) is 0 Å². The molecule has 20 heavy (non-hydrogen) atoms. The zero-order valence-corrected chi connectivity index (χ0v) is 11.5. The lowest BCUT2D eigenvalue weighted by Gasteiger charge is -2.07. The molecule has 6 heteroatoms. The maximum Gasteiger partial charge on any atom is 0.416 e. The maximum atomic E-state index is 12.7. The number of halogens is 3. The van der Waals surface area contributed by atoms with Crippen molar-refractivity contribution in [2.75, 3.05) is 0 Å². The van der Waals surface area contributed by atoms with E-state index in [1.807, 2.05) is 17.5 Å². The van der Waals surface area contributed by atoms with Gasteiger partial charge in [0.25, 0.3) is 0 Å². The van der Waals surface area contributed by atoms with Gasteiger partial charge in [0.2, 0.25) is 0 Å². The van der Waals surface area contributed by atoms with Crippen LogP contribution in [-0.2, 0) is 6.18 Å². The van der Waals surface area contributed by atoms with Crippen molar-refractivity contribution in [1.82, 2.24) is 0 Å². The average molecular weight is 312 g/mol. The third-order valence-corrected chi connectivity index (χ3v) is 4.97. The van der Waals surface area contributed by atoms with Gasteiger partial charge < -0.3 is 0 Å². The van der Waals surface area contributed by atoms with Gasteiger partial charge in [-0.05, 0) is 29.6 Å². The lowest BCUT2D eigenvalue weighted by atomic mass is 10.1. The van der Waals surface area contributed by atoms with Gasteiger partial charge in [-0.15, -0.1) is 22.7 Å². The fourth-order valence-electron chi connectivity index (χ4n) is 1.87. The number of fused-ring (bicyclic) bond motifs is 1. The first-order valence-corrected chi connectivity index (χ1v) is 7.34. The van der Waals surface area contributed by atoms with Gasteiger partial charge in [0.05, 0.1) is 5.56 Å². The molecule has 0 atom stereocenters. The van der Waals surface area contributed by atoms with E-state index in [0.29, 0.717) is 15.0 Å². The van der Waals surface area contributed by atoms with Crippen molar-refractivity contribution in [2.24, 2.45) is 0 Å². The second-order valence-corrected chi connectivity index (χ2v) is 6.19. The molecule has 3 aromatic rings. The van der Waals surface area contributed by atoms with Crippen LogP contribution < -0.4 is 5.43 Å². The van der Waals surface area contributed by atoms with E-state index in [-0.39, 0.29) is 5.43 Å². The summed E-state index contributed by atoms with van der Waals surface area (Å²) in [5, 5.41) is 2.19. The van der Waals surface area contributed by atoms with Crippen molar-refractivity contribution in [1.29, 1.82) is 0 Å². The molecule has 0 saturated heterocycles. The van der Waals surface area contributed by atoms with Gasteiger partial charge in [-0.1, -0.05) is 6.07 Å². The zero-order chi connectivity index (χ0) is 14.3. The van der Waals surface area contributed by atoms with Gasteiger partial charge >= 0.3 is 6.18 Å². The molecular formula is C14H7F3OS2. The minimum Gasteiger partial charge on any atom is -0.289 e. The Hall–Kier alpha value is -1.66. The van der Waals surface area contributed by atoms with Crippen molar-refractivity contribution >= 4 is 32.8 Å². The van der Waals surface area contributed by atoms with E-state index in [4.69, 9.17) is 0 Å². The van der Waals surface area contributed by atoms with E-state index in [1.165, 1.54) is 34.8 Å². The summed E-state index contributed by atoms with van der Waals surface area (Å²) in [5.41, 5.74) is -0.986. The van der Waals surface area contributed by atoms with Crippen molar-refractivity contribution in [3.8, 4) is 9.75 Å². The Morgan fingerprint density at radius 2 is 1.80 bits per heavy atom. The summed E-state index contributed by atoms with van der Waals surface area (Å²) < 4.78 is 38.5. The van der Waals surface area contributed by atoms with Crippen LogP contribution in [0.25, 0.3) is 19.8 Å². The summed E-state index contributed by atoms with van der Waals surface area (Å²) >= 11 is 2.65. The monoisotopic (exact) mass is 312 g/mol. The molecule has 0 aliphatic carbocycles. The molecule has 0 amide bonds. The number of hydrogen-bond donors (Lipinski definition) is 0. The molecule has 2 heterocycles. The van der Waals surface area contributed by atoms with E-state index in [9.17, 15) is 18.0 Å². The Balaban J connectivity index is 2.26. The third-order valence-electron chi connectivity index (χ3n) is 2.82. The second kappa shape index (κ2) is 4.71. The molecule has 2 aromatic heterocycles. The van der Waals surface area contributed by atoms with E-state index in [2.05, 4.69) is 0 Å². The highest BCUT2D eigenvalue weighted by atomic mass is 32.1. The minimum absolute atomic E-state index is 0.254. The first kappa shape index (κ1) is 13.3. The summed E-state index contributed by atoms with van der Waals surface area (Å²) in [6, 6.07) is 8.39. The number of rotatable bonds is 1. The van der Waals surface area contributed by atoms with Crippen molar-refractivity contribution < 1.29 is 13.2 Å². The molecule has 0 aliphatic rings. The molecule has 0 fully saturated rings. The number of hydrogen-bond acceptors (Lipinski definition) is 3. The van der Waals surface area contributed by atoms with E-state index in [0.717, 1.165) is 17.0 Å². The Kier molecular flexibility index (Phi) is 3.14. The van der Waals surface area contributed by atoms with Crippen LogP contribution in [0.2, 0.25) is 0 Å². The fraction of sp³-hybridized carbons (Fsp3) is 0.0714. The normalized spacial score (nSPS) is 11.9. The topological polar surface area (TPSA) is 17.1 Å². The number of alkyl halides is 3. The molecule has 0 unspecified atom stereocenters. The molecule has 1 nitrogen and oxygen atoms in total. The molecule has 0 bridgehead atoms. The van der Waals surface area contributed by atoms with Crippen LogP contribution in [0, 0.1) is 0 Å². The predicted molar refractivity (Wildman–Crippen MR) is 76.4 cm³/mol. The first-order valence-electron chi connectivity index (χ1n) is 5.64. The quantitative estimate of drug-likeness (QED) is 0.617. The Morgan fingerprint density at radius 1 is 1.00 bits per heavy atom. The first-order chi connectivity index (χ1) is 9.45. The average Bonchev–Trinajstić information content (AvgIpc) is 2.90. The lowest BCUT2D eigenvalue weighted by Crippen LogP contribution is -2.06. The molecule has 0 aliphatic heterocycles. The molecule has 0 N–H and O–H groups in total. The van der Waals surface area contributed by atoms with Crippen LogP contribution in [0.15, 0.2) is 46.6 Å². The molecule has 3 rings (SSSR count). The summed E-state index contributed by atoms with van der Waals surface area (Å²) in [7, 11) is 0. The molecule has 102 valence electrons. The van der Waals surface area contributed by atoms with Crippen LogP contribution in [-0.4, -0.2) is 0 Å². The molecular weight excluding hydrogens is 305 g/mol. The predicted octanol–water partition coefficient (Wildman–Crippen LogP) is 5.01. The van der Waals surface area contributed by atoms with Crippen LogP contribution in [0.5, 0.6) is 0 Å². The van der Waals surface area contributed by atoms with Crippen molar-refractivity contribution in [2.45, 2.75) is 6.18 Å². The van der Waals surface area contributed by atoms with Crippen LogP contribution in [0.4, 0.5) is 13.2 Å². The number of benzene rings is 1.